The number of rotatable bonds is 2. The second-order valence-electron chi connectivity index (χ2n) is 3.52. The first kappa shape index (κ1) is 11.6. The van der Waals surface area contributed by atoms with Gasteiger partial charge in [-0.05, 0) is 24.6 Å². The second-order valence-corrected chi connectivity index (χ2v) is 3.52. The van der Waals surface area contributed by atoms with Crippen LogP contribution in [0.15, 0.2) is 34.4 Å². The number of nitrogens with zero attached hydrogens (tertiary/aromatic N) is 4. The molecule has 0 aliphatic carbocycles. The quantitative estimate of drug-likeness (QED) is 0.747. The van der Waals surface area contributed by atoms with Crippen LogP contribution in [-0.2, 0) is 0 Å². The van der Waals surface area contributed by atoms with Crippen molar-refractivity contribution in [2.75, 3.05) is 0 Å². The summed E-state index contributed by atoms with van der Waals surface area (Å²) in [6.07, 6.45) is 1.49. The van der Waals surface area contributed by atoms with Crippen molar-refractivity contribution in [2.45, 2.75) is 6.92 Å². The summed E-state index contributed by atoms with van der Waals surface area (Å²) in [4.78, 5) is 4.13. The molecule has 0 unspecified atom stereocenters. The van der Waals surface area contributed by atoms with Crippen LogP contribution in [0.5, 0.6) is 0 Å². The molecule has 2 rings (SSSR count). The normalized spacial score (nSPS) is 9.28. The van der Waals surface area contributed by atoms with Gasteiger partial charge >= 0.3 is 0 Å². The van der Waals surface area contributed by atoms with Crippen molar-refractivity contribution < 1.29 is 4.52 Å². The molecule has 0 spiro atoms. The van der Waals surface area contributed by atoms with Crippen LogP contribution in [0.1, 0.15) is 11.4 Å². The van der Waals surface area contributed by atoms with Gasteiger partial charge in [0.1, 0.15) is 17.7 Å². The fourth-order valence-electron chi connectivity index (χ4n) is 1.47. The van der Waals surface area contributed by atoms with Crippen molar-refractivity contribution in [3.05, 3.63) is 41.2 Å². The van der Waals surface area contributed by atoms with Gasteiger partial charge in [-0.1, -0.05) is 23.4 Å². The molecule has 0 amide bonds. The van der Waals surface area contributed by atoms with E-state index in [0.29, 0.717) is 22.8 Å². The Kier molecular flexibility index (Phi) is 3.17. The molecule has 1 heterocycles. The molecular weight excluding hydrogens is 228 g/mol. The highest BCUT2D eigenvalue weighted by molar-refractivity contribution is 5.74. The lowest BCUT2D eigenvalue weighted by Crippen LogP contribution is -1.84. The van der Waals surface area contributed by atoms with E-state index in [9.17, 15) is 0 Å². The lowest BCUT2D eigenvalue weighted by Gasteiger charge is -1.99. The van der Waals surface area contributed by atoms with E-state index < -0.39 is 0 Å². The van der Waals surface area contributed by atoms with Crippen molar-refractivity contribution in [1.82, 2.24) is 10.1 Å². The lowest BCUT2D eigenvalue weighted by atomic mass is 10.1. The number of nitriles is 2. The Balaban J connectivity index is 2.55. The maximum atomic E-state index is 8.76. The van der Waals surface area contributed by atoms with Crippen LogP contribution < -0.4 is 0 Å². The Morgan fingerprint density at radius 1 is 1.28 bits per heavy atom. The highest BCUT2D eigenvalue weighted by atomic mass is 16.5. The average molecular weight is 236 g/mol. The van der Waals surface area contributed by atoms with E-state index in [4.69, 9.17) is 15.0 Å². The van der Waals surface area contributed by atoms with E-state index in [-0.39, 0.29) is 5.57 Å². The standard InChI is InChI=1S/C13H8N4O/c1-9-16-13(18-17-9)12-5-3-2-4-11(12)6-10(7-14)8-15/h2-6H,1H3. The van der Waals surface area contributed by atoms with Gasteiger partial charge in [0.25, 0.3) is 5.89 Å². The third kappa shape index (κ3) is 2.26. The molecule has 0 aliphatic heterocycles. The van der Waals surface area contributed by atoms with Crippen LogP contribution >= 0.6 is 0 Å². The minimum Gasteiger partial charge on any atom is -0.334 e. The largest absolute Gasteiger partial charge is 0.334 e. The molecule has 0 N–H and O–H groups in total. The zero-order valence-electron chi connectivity index (χ0n) is 9.58. The first-order chi connectivity index (χ1) is 8.74. The summed E-state index contributed by atoms with van der Waals surface area (Å²) in [5.74, 6) is 0.902. The highest BCUT2D eigenvalue weighted by Crippen LogP contribution is 2.23. The summed E-state index contributed by atoms with van der Waals surface area (Å²) in [5.41, 5.74) is 1.42. The SMILES string of the molecule is Cc1noc(-c2ccccc2C=C(C#N)C#N)n1. The fraction of sp³-hybridized carbons (Fsp3) is 0.0769. The summed E-state index contributed by atoms with van der Waals surface area (Å²) in [6, 6.07) is 10.8. The Morgan fingerprint density at radius 2 is 2.00 bits per heavy atom. The number of aryl methyl sites for hydroxylation is 1. The number of hydrogen-bond acceptors (Lipinski definition) is 5. The molecule has 0 atom stereocenters. The average Bonchev–Trinajstić information content (AvgIpc) is 2.83. The minimum atomic E-state index is 0.0266. The lowest BCUT2D eigenvalue weighted by molar-refractivity contribution is 0.425. The van der Waals surface area contributed by atoms with E-state index in [1.165, 1.54) is 6.08 Å². The Hall–Kier alpha value is -2.92. The number of hydrogen-bond donors (Lipinski definition) is 0. The molecule has 0 fully saturated rings. The molecule has 1 aromatic heterocycles. The van der Waals surface area contributed by atoms with Crippen LogP contribution in [0.3, 0.4) is 0 Å². The molecule has 18 heavy (non-hydrogen) atoms. The van der Waals surface area contributed by atoms with Crippen LogP contribution in [0.25, 0.3) is 17.5 Å². The zero-order chi connectivity index (χ0) is 13.0. The van der Waals surface area contributed by atoms with Crippen molar-refractivity contribution >= 4 is 6.08 Å². The van der Waals surface area contributed by atoms with Crippen LogP contribution in [0.2, 0.25) is 0 Å². The van der Waals surface area contributed by atoms with Crippen molar-refractivity contribution in [3.63, 3.8) is 0 Å². The Bertz CT molecular complexity index is 670. The predicted octanol–water partition coefficient (Wildman–Crippen LogP) is 2.48. The van der Waals surface area contributed by atoms with Gasteiger partial charge in [-0.25, -0.2) is 0 Å². The van der Waals surface area contributed by atoms with Crippen molar-refractivity contribution in [3.8, 4) is 23.6 Å². The maximum absolute atomic E-state index is 8.76. The van der Waals surface area contributed by atoms with Gasteiger partial charge in [-0.15, -0.1) is 0 Å². The third-order valence-electron chi connectivity index (χ3n) is 2.26. The van der Waals surface area contributed by atoms with E-state index in [1.54, 1.807) is 19.1 Å². The molecule has 0 aliphatic rings. The van der Waals surface area contributed by atoms with E-state index >= 15 is 0 Å². The summed E-state index contributed by atoms with van der Waals surface area (Å²) in [6.45, 7) is 1.72. The number of aromatic nitrogens is 2. The predicted molar refractivity (Wildman–Crippen MR) is 63.7 cm³/mol. The van der Waals surface area contributed by atoms with Gasteiger partial charge in [-0.3, -0.25) is 0 Å². The van der Waals surface area contributed by atoms with E-state index in [1.807, 2.05) is 24.3 Å². The summed E-state index contributed by atoms with van der Waals surface area (Å²) >= 11 is 0. The van der Waals surface area contributed by atoms with Gasteiger partial charge in [-0.2, -0.15) is 15.5 Å². The van der Waals surface area contributed by atoms with Crippen molar-refractivity contribution in [1.29, 1.82) is 10.5 Å². The van der Waals surface area contributed by atoms with Gasteiger partial charge in [0.15, 0.2) is 5.82 Å². The monoisotopic (exact) mass is 236 g/mol. The maximum Gasteiger partial charge on any atom is 0.258 e. The Morgan fingerprint density at radius 3 is 2.61 bits per heavy atom. The molecule has 1 aromatic carbocycles. The molecule has 2 aromatic rings. The van der Waals surface area contributed by atoms with Crippen LogP contribution in [-0.4, -0.2) is 10.1 Å². The molecule has 0 saturated carbocycles. The van der Waals surface area contributed by atoms with Crippen molar-refractivity contribution in [2.24, 2.45) is 0 Å². The molecule has 0 radical (unpaired) electrons. The molecule has 0 bridgehead atoms. The number of allylic oxidation sites excluding steroid dienone is 1. The highest BCUT2D eigenvalue weighted by Gasteiger charge is 2.10. The summed E-state index contributed by atoms with van der Waals surface area (Å²) < 4.78 is 5.08. The van der Waals surface area contributed by atoms with E-state index in [0.717, 1.165) is 0 Å². The summed E-state index contributed by atoms with van der Waals surface area (Å²) in [7, 11) is 0. The van der Waals surface area contributed by atoms with Gasteiger partial charge < -0.3 is 4.52 Å². The Labute approximate surface area is 104 Å². The first-order valence-corrected chi connectivity index (χ1v) is 5.16. The fourth-order valence-corrected chi connectivity index (χ4v) is 1.47. The first-order valence-electron chi connectivity index (χ1n) is 5.16. The van der Waals surface area contributed by atoms with E-state index in [2.05, 4.69) is 10.1 Å². The molecular formula is C13H8N4O. The van der Waals surface area contributed by atoms with Crippen LogP contribution in [0, 0.1) is 29.6 Å². The summed E-state index contributed by atoms with van der Waals surface area (Å²) in [5, 5.41) is 21.2. The third-order valence-corrected chi connectivity index (χ3v) is 2.26. The van der Waals surface area contributed by atoms with Gasteiger partial charge in [0.2, 0.25) is 0 Å². The molecule has 5 heteroatoms. The zero-order valence-corrected chi connectivity index (χ0v) is 9.58. The topological polar surface area (TPSA) is 86.5 Å². The second kappa shape index (κ2) is 4.94. The van der Waals surface area contributed by atoms with Gasteiger partial charge in [0, 0.05) is 5.56 Å². The molecule has 86 valence electrons. The smallest absolute Gasteiger partial charge is 0.258 e. The minimum absolute atomic E-state index is 0.0266. The molecule has 0 saturated heterocycles. The van der Waals surface area contributed by atoms with Crippen LogP contribution in [0.4, 0.5) is 0 Å². The number of benzene rings is 1. The van der Waals surface area contributed by atoms with Gasteiger partial charge in [0.05, 0.1) is 0 Å². The molecule has 5 nitrogen and oxygen atoms in total.